The second-order valence-electron chi connectivity index (χ2n) is 9.75. The third-order valence-corrected chi connectivity index (χ3v) is 7.20. The lowest BCUT2D eigenvalue weighted by molar-refractivity contribution is -0.127. The lowest BCUT2D eigenvalue weighted by atomic mass is 9.92. The molecule has 0 radical (unpaired) electrons. The molecule has 0 spiro atoms. The van der Waals surface area contributed by atoms with E-state index in [1.54, 1.807) is 9.58 Å². The Hall–Kier alpha value is -2.63. The van der Waals surface area contributed by atoms with Gasteiger partial charge in [-0.1, -0.05) is 43.9 Å². The van der Waals surface area contributed by atoms with Crippen molar-refractivity contribution in [2.24, 2.45) is 0 Å². The van der Waals surface area contributed by atoms with Crippen molar-refractivity contribution in [3.63, 3.8) is 0 Å². The highest BCUT2D eigenvalue weighted by Gasteiger charge is 2.50. The molecular formula is C25H32N4O2. The van der Waals surface area contributed by atoms with Gasteiger partial charge in [-0.05, 0) is 57.2 Å². The summed E-state index contributed by atoms with van der Waals surface area (Å²) in [5.74, 6) is 0.243. The van der Waals surface area contributed by atoms with Crippen LogP contribution in [0.2, 0.25) is 0 Å². The Kier molecular flexibility index (Phi) is 5.11. The molecule has 1 aromatic heterocycles. The van der Waals surface area contributed by atoms with E-state index in [2.05, 4.69) is 5.32 Å². The highest BCUT2D eigenvalue weighted by molar-refractivity contribution is 6.12. The number of fused-ring (bicyclic) bond motifs is 1. The molecule has 2 aromatic rings. The van der Waals surface area contributed by atoms with Crippen LogP contribution in [0.3, 0.4) is 0 Å². The highest BCUT2D eigenvalue weighted by Crippen LogP contribution is 2.41. The zero-order valence-electron chi connectivity index (χ0n) is 18.6. The van der Waals surface area contributed by atoms with E-state index in [1.165, 1.54) is 12.8 Å². The third kappa shape index (κ3) is 3.66. The standard InChI is InChI=1S/C25H32N4O2/c1-17-9-7-8-12-21(17)29-23(30)22-15-20(18-13-14-18)27-28(22)16-25(29,2)24(31)26-19-10-5-3-4-6-11-19/h7-9,12,15,18-19H,3-6,10-11,13-14,16H2,1-2H3,(H,26,31). The Morgan fingerprint density at radius 3 is 2.48 bits per heavy atom. The van der Waals surface area contributed by atoms with Gasteiger partial charge in [-0.2, -0.15) is 5.10 Å². The third-order valence-electron chi connectivity index (χ3n) is 7.20. The number of para-hydroxylation sites is 1. The van der Waals surface area contributed by atoms with Gasteiger partial charge in [0.05, 0.1) is 12.2 Å². The molecule has 6 heteroatoms. The average molecular weight is 421 g/mol. The minimum absolute atomic E-state index is 0.0786. The molecular weight excluding hydrogens is 388 g/mol. The summed E-state index contributed by atoms with van der Waals surface area (Å²) in [5, 5.41) is 8.05. The van der Waals surface area contributed by atoms with Crippen molar-refractivity contribution < 1.29 is 9.59 Å². The van der Waals surface area contributed by atoms with Crippen LogP contribution >= 0.6 is 0 Å². The fraction of sp³-hybridized carbons (Fsp3) is 0.560. The highest BCUT2D eigenvalue weighted by atomic mass is 16.2. The molecule has 6 nitrogen and oxygen atoms in total. The van der Waals surface area contributed by atoms with Gasteiger partial charge in [-0.3, -0.25) is 19.2 Å². The van der Waals surface area contributed by atoms with E-state index in [-0.39, 0.29) is 17.9 Å². The summed E-state index contributed by atoms with van der Waals surface area (Å²) in [4.78, 5) is 29.3. The number of aryl methyl sites for hydroxylation is 1. The summed E-state index contributed by atoms with van der Waals surface area (Å²) in [6.45, 7) is 4.26. The second kappa shape index (κ2) is 7.81. The number of nitrogens with zero attached hydrogens (tertiary/aromatic N) is 3. The zero-order chi connectivity index (χ0) is 21.6. The monoisotopic (exact) mass is 420 g/mol. The number of rotatable bonds is 4. The Morgan fingerprint density at radius 2 is 1.81 bits per heavy atom. The number of aromatic nitrogens is 2. The predicted molar refractivity (Wildman–Crippen MR) is 120 cm³/mol. The van der Waals surface area contributed by atoms with E-state index >= 15 is 0 Å². The SMILES string of the molecule is Cc1ccccc1N1C(=O)c2cc(C3CC3)nn2CC1(C)C(=O)NC1CCCCCC1. The molecule has 2 fully saturated rings. The first-order valence-corrected chi connectivity index (χ1v) is 11.8. The van der Waals surface area contributed by atoms with Crippen molar-refractivity contribution in [1.82, 2.24) is 15.1 Å². The van der Waals surface area contributed by atoms with E-state index in [1.807, 2.05) is 44.2 Å². The molecule has 1 atom stereocenters. The van der Waals surface area contributed by atoms with Crippen LogP contribution in [0.4, 0.5) is 5.69 Å². The summed E-state index contributed by atoms with van der Waals surface area (Å²) in [7, 11) is 0. The van der Waals surface area contributed by atoms with Crippen LogP contribution in [0.25, 0.3) is 0 Å². The lowest BCUT2D eigenvalue weighted by Crippen LogP contribution is -2.65. The fourth-order valence-electron chi connectivity index (χ4n) is 5.14. The number of carbonyl (C=O) groups is 2. The van der Waals surface area contributed by atoms with E-state index < -0.39 is 5.54 Å². The van der Waals surface area contributed by atoms with Crippen LogP contribution in [0, 0.1) is 6.92 Å². The Labute approximate surface area is 184 Å². The molecule has 5 rings (SSSR count). The summed E-state index contributed by atoms with van der Waals surface area (Å²) >= 11 is 0. The van der Waals surface area contributed by atoms with Gasteiger partial charge in [-0.15, -0.1) is 0 Å². The lowest BCUT2D eigenvalue weighted by Gasteiger charge is -2.44. The predicted octanol–water partition coefficient (Wildman–Crippen LogP) is 4.33. The summed E-state index contributed by atoms with van der Waals surface area (Å²) in [6.07, 6.45) is 9.05. The molecule has 2 aliphatic carbocycles. The minimum Gasteiger partial charge on any atom is -0.351 e. The van der Waals surface area contributed by atoms with Crippen molar-refractivity contribution in [3.05, 3.63) is 47.3 Å². The number of carbonyl (C=O) groups excluding carboxylic acids is 2. The normalized spacial score (nSPS) is 24.6. The molecule has 1 aromatic carbocycles. The molecule has 1 aliphatic heterocycles. The molecule has 1 N–H and O–H groups in total. The number of hydrogen-bond donors (Lipinski definition) is 1. The first-order valence-electron chi connectivity index (χ1n) is 11.8. The summed E-state index contributed by atoms with van der Waals surface area (Å²) in [6, 6.07) is 9.95. The van der Waals surface area contributed by atoms with Gasteiger partial charge < -0.3 is 5.32 Å². The smallest absolute Gasteiger partial charge is 0.277 e. The number of nitrogens with one attached hydrogen (secondary N) is 1. The van der Waals surface area contributed by atoms with Crippen LogP contribution < -0.4 is 10.2 Å². The van der Waals surface area contributed by atoms with Crippen LogP contribution in [-0.2, 0) is 11.3 Å². The maximum atomic E-state index is 13.8. The molecule has 164 valence electrons. The van der Waals surface area contributed by atoms with Crippen molar-refractivity contribution >= 4 is 17.5 Å². The van der Waals surface area contributed by atoms with Crippen molar-refractivity contribution in [1.29, 1.82) is 0 Å². The number of hydrogen-bond acceptors (Lipinski definition) is 3. The van der Waals surface area contributed by atoms with E-state index in [9.17, 15) is 9.59 Å². The van der Waals surface area contributed by atoms with Crippen LogP contribution in [-0.4, -0.2) is 33.2 Å². The van der Waals surface area contributed by atoms with Crippen molar-refractivity contribution in [3.8, 4) is 0 Å². The number of anilines is 1. The van der Waals surface area contributed by atoms with Crippen molar-refractivity contribution in [2.45, 2.75) is 89.3 Å². The fourth-order valence-corrected chi connectivity index (χ4v) is 5.14. The summed E-state index contributed by atoms with van der Waals surface area (Å²) in [5.41, 5.74) is 2.33. The van der Waals surface area contributed by atoms with Gasteiger partial charge >= 0.3 is 0 Å². The van der Waals surface area contributed by atoms with E-state index in [0.29, 0.717) is 18.2 Å². The van der Waals surface area contributed by atoms with E-state index in [0.717, 1.165) is 55.5 Å². The topological polar surface area (TPSA) is 67.2 Å². The Balaban J connectivity index is 1.53. The van der Waals surface area contributed by atoms with Crippen LogP contribution in [0.15, 0.2) is 30.3 Å². The van der Waals surface area contributed by atoms with Crippen LogP contribution in [0.1, 0.15) is 86.0 Å². The minimum atomic E-state index is -1.03. The maximum Gasteiger partial charge on any atom is 0.277 e. The zero-order valence-corrected chi connectivity index (χ0v) is 18.6. The summed E-state index contributed by atoms with van der Waals surface area (Å²) < 4.78 is 1.78. The van der Waals surface area contributed by atoms with Gasteiger partial charge in [0.1, 0.15) is 11.2 Å². The molecule has 1 unspecified atom stereocenters. The average Bonchev–Trinajstić information content (AvgIpc) is 3.55. The molecule has 2 saturated carbocycles. The Morgan fingerprint density at radius 1 is 1.10 bits per heavy atom. The van der Waals surface area contributed by atoms with Gasteiger partial charge in [0.15, 0.2) is 0 Å². The largest absolute Gasteiger partial charge is 0.351 e. The van der Waals surface area contributed by atoms with E-state index in [4.69, 9.17) is 5.10 Å². The molecule has 2 heterocycles. The molecule has 0 saturated heterocycles. The van der Waals surface area contributed by atoms with Gasteiger partial charge in [0.25, 0.3) is 5.91 Å². The first kappa shape index (κ1) is 20.3. The van der Waals surface area contributed by atoms with Crippen molar-refractivity contribution in [2.75, 3.05) is 4.90 Å². The van der Waals surface area contributed by atoms with Gasteiger partial charge in [-0.25, -0.2) is 0 Å². The molecule has 3 aliphatic rings. The quantitative estimate of drug-likeness (QED) is 0.749. The maximum absolute atomic E-state index is 13.8. The molecule has 31 heavy (non-hydrogen) atoms. The second-order valence-corrected chi connectivity index (χ2v) is 9.75. The number of benzene rings is 1. The van der Waals surface area contributed by atoms with Crippen LogP contribution in [0.5, 0.6) is 0 Å². The number of amides is 2. The van der Waals surface area contributed by atoms with Gasteiger partial charge in [0.2, 0.25) is 5.91 Å². The molecule has 2 amide bonds. The Bertz CT molecular complexity index is 1000. The molecule has 0 bridgehead atoms. The first-order chi connectivity index (χ1) is 15.0. The van der Waals surface area contributed by atoms with Gasteiger partial charge in [0, 0.05) is 17.6 Å².